The quantitative estimate of drug-likeness (QED) is 0.296. The number of imidazole rings is 1. The fourth-order valence-electron chi connectivity index (χ4n) is 4.39. The highest BCUT2D eigenvalue weighted by Crippen LogP contribution is 2.29. The SMILES string of the molecule is CC(C)(N)C=C(C#N)C(=O)N1CC(n2c(=O)n(-c3ccc(Oc4ccccc4)cc3)c3c(N)ncnc32)C1. The predicted octanol–water partition coefficient (Wildman–Crippen LogP) is 2.53. The van der Waals surface area contributed by atoms with Gasteiger partial charge in [-0.05, 0) is 56.3 Å². The smallest absolute Gasteiger partial charge is 0.335 e. The Kier molecular flexibility index (Phi) is 6.18. The minimum absolute atomic E-state index is 0.0323. The number of rotatable bonds is 6. The maximum Gasteiger partial charge on any atom is 0.335 e. The zero-order valence-corrected chi connectivity index (χ0v) is 20.9. The van der Waals surface area contributed by atoms with Gasteiger partial charge in [0.2, 0.25) is 0 Å². The van der Waals surface area contributed by atoms with Gasteiger partial charge in [-0.25, -0.2) is 14.8 Å². The Balaban J connectivity index is 1.46. The minimum atomic E-state index is -0.814. The van der Waals surface area contributed by atoms with E-state index in [2.05, 4.69) is 9.97 Å². The number of benzene rings is 2. The first-order valence-electron chi connectivity index (χ1n) is 11.9. The average molecular weight is 511 g/mol. The zero-order chi connectivity index (χ0) is 27.0. The molecule has 2 aromatic carbocycles. The molecular weight excluding hydrogens is 484 g/mol. The van der Waals surface area contributed by atoms with Crippen molar-refractivity contribution in [3.05, 3.63) is 83.1 Å². The molecule has 0 radical (unpaired) electrons. The van der Waals surface area contributed by atoms with Crippen LogP contribution in [0.4, 0.5) is 5.82 Å². The summed E-state index contributed by atoms with van der Waals surface area (Å²) in [4.78, 5) is 36.4. The van der Waals surface area contributed by atoms with Crippen LogP contribution in [0, 0.1) is 11.3 Å². The van der Waals surface area contributed by atoms with E-state index in [-0.39, 0.29) is 36.2 Å². The van der Waals surface area contributed by atoms with E-state index >= 15 is 0 Å². The maximum atomic E-state index is 13.7. The number of carbonyl (C=O) groups is 1. The highest BCUT2D eigenvalue weighted by molar-refractivity contribution is 5.98. The average Bonchev–Trinajstić information content (AvgIpc) is 3.15. The third kappa shape index (κ3) is 4.60. The van der Waals surface area contributed by atoms with Gasteiger partial charge in [0.1, 0.15) is 35.0 Å². The van der Waals surface area contributed by atoms with E-state index in [0.29, 0.717) is 28.4 Å². The van der Waals surface area contributed by atoms with Crippen molar-refractivity contribution in [3.63, 3.8) is 0 Å². The molecule has 0 atom stereocenters. The van der Waals surface area contributed by atoms with Gasteiger partial charge in [-0.1, -0.05) is 18.2 Å². The lowest BCUT2D eigenvalue weighted by molar-refractivity contribution is -0.132. The van der Waals surface area contributed by atoms with Crippen molar-refractivity contribution in [2.45, 2.75) is 25.4 Å². The molecule has 11 nitrogen and oxygen atoms in total. The van der Waals surface area contributed by atoms with E-state index in [9.17, 15) is 14.9 Å². The fourth-order valence-corrected chi connectivity index (χ4v) is 4.39. The number of anilines is 1. The van der Waals surface area contributed by atoms with Gasteiger partial charge in [0.05, 0.1) is 11.7 Å². The molecule has 1 aliphatic heterocycles. The number of nitrogen functional groups attached to an aromatic ring is 1. The summed E-state index contributed by atoms with van der Waals surface area (Å²) in [6.07, 6.45) is 2.75. The van der Waals surface area contributed by atoms with Crippen LogP contribution in [0.1, 0.15) is 19.9 Å². The summed E-state index contributed by atoms with van der Waals surface area (Å²) < 4.78 is 8.84. The normalized spacial score (nSPS) is 14.3. The van der Waals surface area contributed by atoms with E-state index in [0.717, 1.165) is 0 Å². The second kappa shape index (κ2) is 9.49. The molecule has 1 aliphatic rings. The highest BCUT2D eigenvalue weighted by atomic mass is 16.5. The summed E-state index contributed by atoms with van der Waals surface area (Å²) in [5, 5.41) is 9.44. The first-order chi connectivity index (χ1) is 18.2. The molecule has 5 rings (SSSR count). The molecule has 0 unspecified atom stereocenters. The summed E-state index contributed by atoms with van der Waals surface area (Å²) in [6, 6.07) is 18.0. The van der Waals surface area contributed by atoms with Crippen LogP contribution >= 0.6 is 0 Å². The Morgan fingerprint density at radius 2 is 1.76 bits per heavy atom. The second-order valence-corrected chi connectivity index (χ2v) is 9.68. The molecule has 1 fully saturated rings. The van der Waals surface area contributed by atoms with Gasteiger partial charge in [-0.3, -0.25) is 13.9 Å². The number of carbonyl (C=O) groups excluding carboxylic acids is 1. The molecule has 0 bridgehead atoms. The second-order valence-electron chi connectivity index (χ2n) is 9.68. The third-order valence-corrected chi connectivity index (χ3v) is 6.14. The molecule has 4 N–H and O–H groups in total. The Hall–Kier alpha value is -4.95. The Morgan fingerprint density at radius 1 is 1.11 bits per heavy atom. The lowest BCUT2D eigenvalue weighted by Gasteiger charge is -2.39. The molecule has 1 saturated heterocycles. The molecule has 11 heteroatoms. The number of aromatic nitrogens is 4. The van der Waals surface area contributed by atoms with Crippen LogP contribution in [0.3, 0.4) is 0 Å². The molecule has 2 aromatic heterocycles. The summed E-state index contributed by atoms with van der Waals surface area (Å²) in [7, 11) is 0. The number of nitriles is 1. The first kappa shape index (κ1) is 24.7. The lowest BCUT2D eigenvalue weighted by Crippen LogP contribution is -2.53. The third-order valence-electron chi connectivity index (χ3n) is 6.14. The summed E-state index contributed by atoms with van der Waals surface area (Å²) >= 11 is 0. The number of fused-ring (bicyclic) bond motifs is 1. The number of para-hydroxylation sites is 1. The molecule has 0 aliphatic carbocycles. The maximum absolute atomic E-state index is 13.7. The van der Waals surface area contributed by atoms with Crippen LogP contribution in [0.5, 0.6) is 11.5 Å². The monoisotopic (exact) mass is 510 g/mol. The summed E-state index contributed by atoms with van der Waals surface area (Å²) in [5.41, 5.74) is 12.2. The summed E-state index contributed by atoms with van der Waals surface area (Å²) in [5.74, 6) is 1.03. The van der Waals surface area contributed by atoms with E-state index in [1.54, 1.807) is 38.1 Å². The standard InChI is InChI=1S/C27H26N8O3/c1-27(2,30)12-17(13-28)25(36)33-14-19(15-33)35-24-22(23(29)31-16-32-24)34(26(35)37)18-8-10-21(11-9-18)38-20-6-4-3-5-7-20/h3-12,16,19H,14-15,30H2,1-2H3,(H2,29,31,32). The Morgan fingerprint density at radius 3 is 2.39 bits per heavy atom. The molecule has 4 aromatic rings. The molecule has 192 valence electrons. The van der Waals surface area contributed by atoms with E-state index in [1.165, 1.54) is 26.4 Å². The van der Waals surface area contributed by atoms with Gasteiger partial charge in [0.15, 0.2) is 11.5 Å². The van der Waals surface area contributed by atoms with Crippen molar-refractivity contribution < 1.29 is 9.53 Å². The van der Waals surface area contributed by atoms with Crippen LogP contribution in [0.25, 0.3) is 16.9 Å². The van der Waals surface area contributed by atoms with Crippen molar-refractivity contribution in [3.8, 4) is 23.3 Å². The first-order valence-corrected chi connectivity index (χ1v) is 11.9. The largest absolute Gasteiger partial charge is 0.457 e. The van der Waals surface area contributed by atoms with Crippen molar-refractivity contribution in [1.29, 1.82) is 5.26 Å². The Labute approximate surface area is 218 Å². The van der Waals surface area contributed by atoms with Gasteiger partial charge < -0.3 is 21.1 Å². The fraction of sp³-hybridized carbons (Fsp3) is 0.222. The van der Waals surface area contributed by atoms with Gasteiger partial charge in [-0.15, -0.1) is 0 Å². The number of amides is 1. The number of likely N-dealkylation sites (tertiary alicyclic amines) is 1. The van der Waals surface area contributed by atoms with Crippen molar-refractivity contribution in [1.82, 2.24) is 24.0 Å². The number of hydrogen-bond donors (Lipinski definition) is 2. The molecule has 0 spiro atoms. The molecule has 0 saturated carbocycles. The number of nitrogens with two attached hydrogens (primary N) is 2. The van der Waals surface area contributed by atoms with Crippen LogP contribution < -0.4 is 21.9 Å². The Bertz CT molecular complexity index is 1630. The van der Waals surface area contributed by atoms with Crippen molar-refractivity contribution in [2.24, 2.45) is 5.73 Å². The highest BCUT2D eigenvalue weighted by Gasteiger charge is 2.37. The van der Waals surface area contributed by atoms with E-state index in [1.807, 2.05) is 36.4 Å². The predicted molar refractivity (Wildman–Crippen MR) is 142 cm³/mol. The van der Waals surface area contributed by atoms with Crippen LogP contribution in [-0.4, -0.2) is 48.5 Å². The van der Waals surface area contributed by atoms with E-state index < -0.39 is 11.4 Å². The minimum Gasteiger partial charge on any atom is -0.457 e. The summed E-state index contributed by atoms with van der Waals surface area (Å²) in [6.45, 7) is 3.87. The topological polar surface area (TPSA) is 158 Å². The molecular formula is C27H26N8O3. The van der Waals surface area contributed by atoms with Gasteiger partial charge in [0.25, 0.3) is 5.91 Å². The van der Waals surface area contributed by atoms with Crippen molar-refractivity contribution >= 4 is 22.9 Å². The van der Waals surface area contributed by atoms with E-state index in [4.69, 9.17) is 16.2 Å². The lowest BCUT2D eigenvalue weighted by atomic mass is 10.0. The van der Waals surface area contributed by atoms with Crippen LogP contribution in [-0.2, 0) is 4.79 Å². The molecule has 3 heterocycles. The van der Waals surface area contributed by atoms with Crippen LogP contribution in [0.15, 0.2) is 77.4 Å². The number of ether oxygens (including phenoxy) is 1. The number of hydrogen-bond acceptors (Lipinski definition) is 8. The van der Waals surface area contributed by atoms with Crippen molar-refractivity contribution in [2.75, 3.05) is 18.8 Å². The van der Waals surface area contributed by atoms with Gasteiger partial charge >= 0.3 is 5.69 Å². The van der Waals surface area contributed by atoms with Gasteiger partial charge in [-0.2, -0.15) is 5.26 Å². The molecule has 38 heavy (non-hydrogen) atoms. The molecule has 1 amide bonds. The zero-order valence-electron chi connectivity index (χ0n) is 20.9. The van der Waals surface area contributed by atoms with Gasteiger partial charge in [0, 0.05) is 18.6 Å². The van der Waals surface area contributed by atoms with Crippen LogP contribution in [0.2, 0.25) is 0 Å². The number of nitrogens with zero attached hydrogens (tertiary/aromatic N) is 6.